The number of carbonyl (C=O) groups is 2. The van der Waals surface area contributed by atoms with Crippen LogP contribution in [0, 0.1) is 13.8 Å². The van der Waals surface area contributed by atoms with Gasteiger partial charge in [0.1, 0.15) is 12.4 Å². The number of rotatable bonds is 6. The fraction of sp³-hybridized carbons (Fsp3) is 0.304. The van der Waals surface area contributed by atoms with E-state index in [1.54, 1.807) is 13.8 Å². The summed E-state index contributed by atoms with van der Waals surface area (Å²) in [7, 11) is 0. The molecule has 2 amide bonds. The molecule has 1 heterocycles. The largest absolute Gasteiger partial charge is 0.489 e. The Kier molecular flexibility index (Phi) is 6.82. The molecule has 2 aromatic carbocycles. The van der Waals surface area contributed by atoms with Crippen LogP contribution in [-0.4, -0.2) is 18.6 Å². The van der Waals surface area contributed by atoms with Crippen LogP contribution in [0.5, 0.6) is 5.75 Å². The summed E-state index contributed by atoms with van der Waals surface area (Å²) in [6.45, 7) is 8.08. The van der Waals surface area contributed by atoms with Crippen molar-refractivity contribution in [2.24, 2.45) is 0 Å². The molecule has 2 N–H and O–H groups in total. The van der Waals surface area contributed by atoms with E-state index in [9.17, 15) is 9.59 Å². The maximum Gasteiger partial charge on any atom is 0.338 e. The van der Waals surface area contributed by atoms with Crippen LogP contribution in [-0.2, 0) is 16.1 Å². The minimum atomic E-state index is -0.593. The summed E-state index contributed by atoms with van der Waals surface area (Å²) in [6, 6.07) is 10.7. The van der Waals surface area contributed by atoms with Gasteiger partial charge in [0.05, 0.1) is 18.2 Å². The summed E-state index contributed by atoms with van der Waals surface area (Å²) in [5, 5.41) is 5.53. The van der Waals surface area contributed by atoms with Crippen molar-refractivity contribution in [2.75, 3.05) is 6.61 Å². The highest BCUT2D eigenvalue weighted by molar-refractivity contribution is 9.10. The van der Waals surface area contributed by atoms with Gasteiger partial charge in [-0.3, -0.25) is 0 Å². The number of allylic oxidation sites excluding steroid dienone is 1. The second kappa shape index (κ2) is 9.34. The molecule has 0 aromatic heterocycles. The number of hydrogen-bond acceptors (Lipinski definition) is 4. The Morgan fingerprint density at radius 3 is 2.47 bits per heavy atom. The molecule has 0 aliphatic carbocycles. The number of nitrogens with one attached hydrogen (secondary N) is 2. The van der Waals surface area contributed by atoms with Gasteiger partial charge in [-0.15, -0.1) is 0 Å². The molecule has 0 radical (unpaired) electrons. The predicted octanol–water partition coefficient (Wildman–Crippen LogP) is 4.84. The second-order valence-corrected chi connectivity index (χ2v) is 8.08. The predicted molar refractivity (Wildman–Crippen MR) is 118 cm³/mol. The maximum absolute atomic E-state index is 12.6. The highest BCUT2D eigenvalue weighted by Gasteiger charge is 2.33. The fourth-order valence-electron chi connectivity index (χ4n) is 3.48. The molecule has 6 nitrogen and oxygen atoms in total. The maximum atomic E-state index is 12.6. The summed E-state index contributed by atoms with van der Waals surface area (Å²) in [4.78, 5) is 24.7. The van der Waals surface area contributed by atoms with Gasteiger partial charge >= 0.3 is 12.0 Å². The number of carbonyl (C=O) groups excluding carboxylic acids is 2. The van der Waals surface area contributed by atoms with Crippen LogP contribution in [0.1, 0.15) is 42.1 Å². The molecule has 30 heavy (non-hydrogen) atoms. The monoisotopic (exact) mass is 472 g/mol. The van der Waals surface area contributed by atoms with Gasteiger partial charge in [-0.25, -0.2) is 9.59 Å². The molecule has 1 aliphatic heterocycles. The van der Waals surface area contributed by atoms with E-state index in [4.69, 9.17) is 9.47 Å². The highest BCUT2D eigenvalue weighted by atomic mass is 79.9. The molecule has 0 saturated carbocycles. The summed E-state index contributed by atoms with van der Waals surface area (Å²) in [5.41, 5.74) is 4.77. The van der Waals surface area contributed by atoms with Gasteiger partial charge in [0.25, 0.3) is 0 Å². The van der Waals surface area contributed by atoms with E-state index in [1.807, 2.05) is 50.2 Å². The van der Waals surface area contributed by atoms with Crippen LogP contribution in [0.4, 0.5) is 4.79 Å². The fourth-order valence-corrected chi connectivity index (χ4v) is 3.75. The molecule has 0 bridgehead atoms. The minimum Gasteiger partial charge on any atom is -0.489 e. The molecule has 0 spiro atoms. The lowest BCUT2D eigenvalue weighted by Crippen LogP contribution is -2.45. The number of aryl methyl sites for hydroxylation is 2. The third kappa shape index (κ3) is 4.84. The first kappa shape index (κ1) is 21.9. The van der Waals surface area contributed by atoms with Crippen molar-refractivity contribution in [2.45, 2.75) is 40.3 Å². The van der Waals surface area contributed by atoms with Gasteiger partial charge in [0.2, 0.25) is 0 Å². The smallest absolute Gasteiger partial charge is 0.338 e. The number of urea groups is 1. The van der Waals surface area contributed by atoms with Gasteiger partial charge in [0, 0.05) is 10.2 Å². The summed E-state index contributed by atoms with van der Waals surface area (Å²) in [6.07, 6.45) is 0. The van der Waals surface area contributed by atoms with Crippen LogP contribution in [0.2, 0.25) is 0 Å². The number of esters is 1. The zero-order valence-electron chi connectivity index (χ0n) is 17.5. The van der Waals surface area contributed by atoms with E-state index < -0.39 is 12.0 Å². The first-order chi connectivity index (χ1) is 14.3. The molecule has 1 aliphatic rings. The van der Waals surface area contributed by atoms with Gasteiger partial charge < -0.3 is 20.1 Å². The standard InChI is InChI=1S/C23H25BrN2O4/c1-5-29-22(27)20-15(4)25-23(28)26-21(20)19-11-16(13(2)10-14(19)3)12-30-18-8-6-17(24)7-9-18/h6-11,21H,5,12H2,1-4H3,(H2,25,26,28). The number of hydrogen-bond donors (Lipinski definition) is 2. The molecule has 3 rings (SSSR count). The molecular weight excluding hydrogens is 448 g/mol. The quantitative estimate of drug-likeness (QED) is 0.589. The van der Waals surface area contributed by atoms with Crippen molar-refractivity contribution >= 4 is 27.9 Å². The molecule has 158 valence electrons. The molecule has 0 saturated heterocycles. The highest BCUT2D eigenvalue weighted by Crippen LogP contribution is 2.32. The van der Waals surface area contributed by atoms with Crippen LogP contribution >= 0.6 is 15.9 Å². The van der Waals surface area contributed by atoms with Gasteiger partial charge in [-0.2, -0.15) is 0 Å². The van der Waals surface area contributed by atoms with E-state index in [0.717, 1.165) is 32.5 Å². The topological polar surface area (TPSA) is 76.7 Å². The second-order valence-electron chi connectivity index (χ2n) is 7.17. The Morgan fingerprint density at radius 1 is 1.10 bits per heavy atom. The zero-order valence-corrected chi connectivity index (χ0v) is 19.1. The Bertz CT molecular complexity index is 999. The van der Waals surface area contributed by atoms with Crippen molar-refractivity contribution < 1.29 is 19.1 Å². The third-order valence-corrected chi connectivity index (χ3v) is 5.54. The SMILES string of the molecule is CCOC(=O)C1=C(C)NC(=O)NC1c1cc(COc2ccc(Br)cc2)c(C)cc1C. The number of ether oxygens (including phenoxy) is 2. The van der Waals surface area contributed by atoms with Crippen LogP contribution < -0.4 is 15.4 Å². The number of amides is 2. The van der Waals surface area contributed by atoms with Crippen molar-refractivity contribution in [1.82, 2.24) is 10.6 Å². The molecule has 0 fully saturated rings. The Hall–Kier alpha value is -2.80. The van der Waals surface area contributed by atoms with Gasteiger partial charge in [0.15, 0.2) is 0 Å². The van der Waals surface area contributed by atoms with E-state index >= 15 is 0 Å². The lowest BCUT2D eigenvalue weighted by Gasteiger charge is -2.29. The molecule has 1 unspecified atom stereocenters. The average Bonchev–Trinajstić information content (AvgIpc) is 2.68. The lowest BCUT2D eigenvalue weighted by atomic mass is 9.89. The van der Waals surface area contributed by atoms with Crippen molar-refractivity contribution in [3.63, 3.8) is 0 Å². The Morgan fingerprint density at radius 2 is 1.80 bits per heavy atom. The summed E-state index contributed by atoms with van der Waals surface area (Å²) in [5.74, 6) is 0.318. The normalized spacial score (nSPS) is 16.0. The van der Waals surface area contributed by atoms with Crippen LogP contribution in [0.15, 0.2) is 52.1 Å². The first-order valence-electron chi connectivity index (χ1n) is 9.74. The molecule has 2 aromatic rings. The third-order valence-electron chi connectivity index (χ3n) is 5.01. The Labute approximate surface area is 184 Å². The van der Waals surface area contributed by atoms with Crippen molar-refractivity contribution in [3.05, 3.63) is 74.4 Å². The van der Waals surface area contributed by atoms with Crippen molar-refractivity contribution in [3.8, 4) is 5.75 Å². The van der Waals surface area contributed by atoms with E-state index in [1.165, 1.54) is 0 Å². The number of halogens is 1. The average molecular weight is 473 g/mol. The van der Waals surface area contributed by atoms with E-state index in [2.05, 4.69) is 26.6 Å². The first-order valence-corrected chi connectivity index (χ1v) is 10.5. The van der Waals surface area contributed by atoms with Gasteiger partial charge in [-0.05, 0) is 80.3 Å². The van der Waals surface area contributed by atoms with E-state index in [-0.39, 0.29) is 12.6 Å². The summed E-state index contributed by atoms with van der Waals surface area (Å²) < 4.78 is 12.2. The lowest BCUT2D eigenvalue weighted by molar-refractivity contribution is -0.139. The van der Waals surface area contributed by atoms with E-state index in [0.29, 0.717) is 17.9 Å². The van der Waals surface area contributed by atoms with Crippen molar-refractivity contribution in [1.29, 1.82) is 0 Å². The van der Waals surface area contributed by atoms with Gasteiger partial charge in [-0.1, -0.05) is 22.0 Å². The number of benzene rings is 2. The van der Waals surface area contributed by atoms with Crippen LogP contribution in [0.25, 0.3) is 0 Å². The molecular formula is C23H25BrN2O4. The summed E-state index contributed by atoms with van der Waals surface area (Å²) >= 11 is 3.42. The molecule has 7 heteroatoms. The minimum absolute atomic E-state index is 0.259. The molecule has 1 atom stereocenters. The van der Waals surface area contributed by atoms with Crippen LogP contribution in [0.3, 0.4) is 0 Å². The Balaban J connectivity index is 1.94. The zero-order chi connectivity index (χ0) is 21.8.